The van der Waals surface area contributed by atoms with Crippen molar-refractivity contribution in [2.24, 2.45) is 5.92 Å². The molecule has 0 spiro atoms. The molecule has 1 aliphatic rings. The number of halogens is 1. The van der Waals surface area contributed by atoms with Gasteiger partial charge in [0.15, 0.2) is 0 Å². The Kier molecular flexibility index (Phi) is 6.53. The van der Waals surface area contributed by atoms with Crippen molar-refractivity contribution < 1.29 is 13.2 Å². The van der Waals surface area contributed by atoms with Crippen LogP contribution in [0.2, 0.25) is 5.02 Å². The van der Waals surface area contributed by atoms with E-state index in [0.29, 0.717) is 17.6 Å². The van der Waals surface area contributed by atoms with Crippen molar-refractivity contribution in [2.75, 3.05) is 30.8 Å². The second-order valence-electron chi connectivity index (χ2n) is 7.84. The lowest BCUT2D eigenvalue weighted by molar-refractivity contribution is 0.400. The number of hydrogen-bond acceptors (Lipinski definition) is 7. The van der Waals surface area contributed by atoms with Gasteiger partial charge in [-0.2, -0.15) is 4.98 Å². The van der Waals surface area contributed by atoms with E-state index in [-0.39, 0.29) is 20.6 Å². The molecule has 2 aromatic carbocycles. The monoisotopic (exact) mass is 472 g/mol. The molecular weight excluding hydrogens is 448 g/mol. The topological polar surface area (TPSA) is 98.4 Å². The highest BCUT2D eigenvalue weighted by atomic mass is 35.5. The smallest absolute Gasteiger partial charge is 0.227 e. The van der Waals surface area contributed by atoms with E-state index < -0.39 is 9.84 Å². The van der Waals surface area contributed by atoms with Gasteiger partial charge in [-0.3, -0.25) is 0 Å². The maximum atomic E-state index is 13.0. The summed E-state index contributed by atoms with van der Waals surface area (Å²) in [5.74, 6) is 1.37. The molecule has 0 aliphatic carbocycles. The Bertz CT molecular complexity index is 1200. The van der Waals surface area contributed by atoms with E-state index in [1.807, 2.05) is 6.07 Å². The third kappa shape index (κ3) is 4.66. The summed E-state index contributed by atoms with van der Waals surface area (Å²) in [6.45, 7) is 1.61. The first kappa shape index (κ1) is 22.4. The van der Waals surface area contributed by atoms with Crippen LogP contribution in [-0.2, 0) is 16.3 Å². The summed E-state index contributed by atoms with van der Waals surface area (Å²) in [6, 6.07) is 14.7. The van der Waals surface area contributed by atoms with Gasteiger partial charge in [0.1, 0.15) is 16.5 Å². The number of nitrogen functional groups attached to an aromatic ring is 1. The molecule has 0 radical (unpaired) electrons. The summed E-state index contributed by atoms with van der Waals surface area (Å²) in [7, 11) is -2.45. The van der Waals surface area contributed by atoms with Gasteiger partial charge in [0, 0.05) is 13.1 Å². The third-order valence-corrected chi connectivity index (χ3v) is 7.82. The largest absolute Gasteiger partial charge is 0.495 e. The third-order valence-electron chi connectivity index (χ3n) is 5.76. The molecule has 168 valence electrons. The fourth-order valence-corrected chi connectivity index (χ4v) is 5.57. The SMILES string of the molecule is COc1ccc(S(=O)(=O)c2cnc(N3CCC(Cc4ccccc4)CC3)nc2N)cc1Cl. The Morgan fingerprint density at radius 3 is 2.50 bits per heavy atom. The van der Waals surface area contributed by atoms with E-state index in [9.17, 15) is 8.42 Å². The Hall–Kier alpha value is -2.84. The van der Waals surface area contributed by atoms with Crippen LogP contribution in [0.15, 0.2) is 64.5 Å². The summed E-state index contributed by atoms with van der Waals surface area (Å²) in [5, 5.41) is 0.197. The first-order valence-electron chi connectivity index (χ1n) is 10.4. The van der Waals surface area contributed by atoms with Crippen molar-refractivity contribution in [3.8, 4) is 5.75 Å². The zero-order valence-corrected chi connectivity index (χ0v) is 19.3. The number of aromatic nitrogens is 2. The van der Waals surface area contributed by atoms with Crippen molar-refractivity contribution in [1.29, 1.82) is 0 Å². The van der Waals surface area contributed by atoms with Crippen molar-refractivity contribution in [3.63, 3.8) is 0 Å². The van der Waals surface area contributed by atoms with Crippen LogP contribution >= 0.6 is 11.6 Å². The highest BCUT2D eigenvalue weighted by molar-refractivity contribution is 7.91. The summed E-state index contributed by atoms with van der Waals surface area (Å²) in [5.41, 5.74) is 7.41. The second-order valence-corrected chi connectivity index (χ2v) is 10.2. The molecule has 32 heavy (non-hydrogen) atoms. The minimum absolute atomic E-state index is 0.00748. The molecule has 2 N–H and O–H groups in total. The molecule has 4 rings (SSSR count). The maximum Gasteiger partial charge on any atom is 0.227 e. The average molecular weight is 473 g/mol. The van der Waals surface area contributed by atoms with E-state index in [4.69, 9.17) is 22.1 Å². The first-order valence-corrected chi connectivity index (χ1v) is 12.2. The average Bonchev–Trinajstić information content (AvgIpc) is 2.80. The predicted molar refractivity (Wildman–Crippen MR) is 125 cm³/mol. The van der Waals surface area contributed by atoms with Gasteiger partial charge in [-0.15, -0.1) is 0 Å². The molecule has 1 aliphatic heterocycles. The zero-order chi connectivity index (χ0) is 22.7. The van der Waals surface area contributed by atoms with Crippen LogP contribution in [0, 0.1) is 5.92 Å². The standard InChI is InChI=1S/C23H25ClN4O3S/c1-31-20-8-7-18(14-19(20)24)32(29,30)21-15-26-23(27-22(21)25)28-11-9-17(10-12-28)13-16-5-3-2-4-6-16/h2-8,14-15,17H,9-13H2,1H3,(H2,25,26,27). The van der Waals surface area contributed by atoms with Crippen molar-refractivity contribution in [2.45, 2.75) is 29.1 Å². The van der Waals surface area contributed by atoms with Gasteiger partial charge in [-0.1, -0.05) is 41.9 Å². The van der Waals surface area contributed by atoms with Gasteiger partial charge in [-0.25, -0.2) is 13.4 Å². The minimum Gasteiger partial charge on any atom is -0.495 e. The number of hydrogen-bond donors (Lipinski definition) is 1. The summed E-state index contributed by atoms with van der Waals surface area (Å²) >= 11 is 6.09. The van der Waals surface area contributed by atoms with Crippen LogP contribution in [0.25, 0.3) is 0 Å². The Balaban J connectivity index is 1.47. The van der Waals surface area contributed by atoms with Gasteiger partial charge < -0.3 is 15.4 Å². The van der Waals surface area contributed by atoms with Crippen LogP contribution in [-0.4, -0.2) is 38.6 Å². The normalized spacial score (nSPS) is 15.0. The predicted octanol–water partition coefficient (Wildman–Crippen LogP) is 4.01. The quantitative estimate of drug-likeness (QED) is 0.578. The molecule has 1 fully saturated rings. The van der Waals surface area contributed by atoms with Gasteiger partial charge in [0.25, 0.3) is 0 Å². The highest BCUT2D eigenvalue weighted by Crippen LogP contribution is 2.32. The zero-order valence-electron chi connectivity index (χ0n) is 17.7. The highest BCUT2D eigenvalue weighted by Gasteiger charge is 2.26. The Morgan fingerprint density at radius 2 is 1.88 bits per heavy atom. The number of ether oxygens (including phenoxy) is 1. The number of benzene rings is 2. The fraction of sp³-hybridized carbons (Fsp3) is 0.304. The fourth-order valence-electron chi connectivity index (χ4n) is 3.96. The summed E-state index contributed by atoms with van der Waals surface area (Å²) in [6.07, 6.45) is 4.37. The number of piperidine rings is 1. The van der Waals surface area contributed by atoms with Gasteiger partial charge >= 0.3 is 0 Å². The lowest BCUT2D eigenvalue weighted by atomic mass is 9.90. The van der Waals surface area contributed by atoms with Crippen LogP contribution in [0.1, 0.15) is 18.4 Å². The van der Waals surface area contributed by atoms with Crippen LogP contribution in [0.4, 0.5) is 11.8 Å². The maximum absolute atomic E-state index is 13.0. The molecule has 7 nitrogen and oxygen atoms in total. The minimum atomic E-state index is -3.92. The number of nitrogens with zero attached hydrogens (tertiary/aromatic N) is 3. The molecule has 1 saturated heterocycles. The van der Waals surface area contributed by atoms with E-state index in [1.54, 1.807) is 0 Å². The number of sulfone groups is 1. The number of rotatable bonds is 6. The first-order chi connectivity index (χ1) is 15.4. The molecule has 0 atom stereocenters. The van der Waals surface area contributed by atoms with Crippen LogP contribution in [0.5, 0.6) is 5.75 Å². The Morgan fingerprint density at radius 1 is 1.16 bits per heavy atom. The van der Waals surface area contributed by atoms with Crippen LogP contribution in [0.3, 0.4) is 0 Å². The lowest BCUT2D eigenvalue weighted by Crippen LogP contribution is -2.35. The second kappa shape index (κ2) is 9.34. The summed E-state index contributed by atoms with van der Waals surface area (Å²) in [4.78, 5) is 10.6. The molecule has 0 bridgehead atoms. The lowest BCUT2D eigenvalue weighted by Gasteiger charge is -2.32. The molecule has 0 saturated carbocycles. The van der Waals surface area contributed by atoms with E-state index in [0.717, 1.165) is 32.4 Å². The number of nitrogens with two attached hydrogens (primary N) is 1. The molecular formula is C23H25ClN4O3S. The molecule has 9 heteroatoms. The van der Waals surface area contributed by atoms with Gasteiger partial charge in [0.2, 0.25) is 15.8 Å². The molecule has 0 unspecified atom stereocenters. The molecule has 0 amide bonds. The number of methoxy groups -OCH3 is 1. The molecule has 1 aromatic heterocycles. The van der Waals surface area contributed by atoms with Crippen molar-refractivity contribution in [3.05, 3.63) is 65.3 Å². The van der Waals surface area contributed by atoms with Crippen molar-refractivity contribution in [1.82, 2.24) is 9.97 Å². The Labute approximate surface area is 193 Å². The number of anilines is 2. The van der Waals surface area contributed by atoms with Gasteiger partial charge in [-0.05, 0) is 48.9 Å². The van der Waals surface area contributed by atoms with Gasteiger partial charge in [0.05, 0.1) is 23.2 Å². The summed E-state index contributed by atoms with van der Waals surface area (Å²) < 4.78 is 31.2. The van der Waals surface area contributed by atoms with Crippen molar-refractivity contribution >= 4 is 33.2 Å². The molecule has 3 aromatic rings. The van der Waals surface area contributed by atoms with E-state index in [2.05, 4.69) is 39.1 Å². The van der Waals surface area contributed by atoms with Crippen LogP contribution < -0.4 is 15.4 Å². The molecule has 2 heterocycles. The van der Waals surface area contributed by atoms with E-state index in [1.165, 1.54) is 37.1 Å². The van der Waals surface area contributed by atoms with E-state index >= 15 is 0 Å².